The Morgan fingerprint density at radius 1 is 1.13 bits per heavy atom. The van der Waals surface area contributed by atoms with Crippen molar-refractivity contribution in [1.29, 1.82) is 0 Å². The monoisotopic (exact) mass is 330 g/mol. The Labute approximate surface area is 136 Å². The summed E-state index contributed by atoms with van der Waals surface area (Å²) < 4.78 is 27.3. The van der Waals surface area contributed by atoms with Crippen LogP contribution < -0.4 is 10.0 Å². The van der Waals surface area contributed by atoms with E-state index >= 15 is 0 Å². The van der Waals surface area contributed by atoms with E-state index in [1.54, 1.807) is 42.5 Å². The zero-order valence-electron chi connectivity index (χ0n) is 12.7. The summed E-state index contributed by atoms with van der Waals surface area (Å²) in [5.74, 6) is -0.324. The molecule has 2 aromatic rings. The van der Waals surface area contributed by atoms with Gasteiger partial charge in [0.15, 0.2) is 0 Å². The van der Waals surface area contributed by atoms with Gasteiger partial charge in [0.25, 0.3) is 10.0 Å². The minimum absolute atomic E-state index is 0.223. The molecule has 0 spiro atoms. The Bertz CT molecular complexity index is 812. The fraction of sp³-hybridized carbons (Fsp3) is 0.118. The maximum absolute atomic E-state index is 12.4. The molecule has 0 radical (unpaired) electrons. The molecule has 0 saturated heterocycles. The van der Waals surface area contributed by atoms with Crippen LogP contribution in [0.3, 0.4) is 0 Å². The minimum atomic E-state index is -3.64. The van der Waals surface area contributed by atoms with Crippen molar-refractivity contribution in [3.05, 3.63) is 66.7 Å². The normalized spacial score (nSPS) is 10.8. The van der Waals surface area contributed by atoms with Crippen molar-refractivity contribution in [1.82, 2.24) is 0 Å². The molecular weight excluding hydrogens is 312 g/mol. The Balaban J connectivity index is 2.17. The van der Waals surface area contributed by atoms with E-state index in [0.717, 1.165) is 18.1 Å². The van der Waals surface area contributed by atoms with Crippen molar-refractivity contribution >= 4 is 27.3 Å². The summed E-state index contributed by atoms with van der Waals surface area (Å²) in [5, 5.41) is 2.59. The van der Waals surface area contributed by atoms with E-state index in [4.69, 9.17) is 0 Å². The average Bonchev–Trinajstić information content (AvgIpc) is 2.56. The Hall–Kier alpha value is -2.60. The van der Waals surface area contributed by atoms with E-state index in [1.807, 2.05) is 13.0 Å². The second-order valence-corrected chi connectivity index (χ2v) is 6.56. The number of sulfonamides is 1. The lowest BCUT2D eigenvalue weighted by Gasteiger charge is -2.10. The number of carbonyl (C=O) groups excluding carboxylic acids is 1. The molecule has 0 saturated carbocycles. The summed E-state index contributed by atoms with van der Waals surface area (Å²) in [6, 6.07) is 13.2. The number of nitrogens with one attached hydrogen (secondary N) is 2. The van der Waals surface area contributed by atoms with Crippen LogP contribution in [0.15, 0.2) is 66.1 Å². The van der Waals surface area contributed by atoms with Crippen molar-refractivity contribution < 1.29 is 13.2 Å². The summed E-state index contributed by atoms with van der Waals surface area (Å²) in [6.45, 7) is 5.33. The minimum Gasteiger partial charge on any atom is -0.323 e. The van der Waals surface area contributed by atoms with Crippen molar-refractivity contribution in [2.24, 2.45) is 0 Å². The van der Waals surface area contributed by atoms with Crippen LogP contribution in [-0.2, 0) is 21.2 Å². The smallest absolute Gasteiger partial charge is 0.261 e. The van der Waals surface area contributed by atoms with Gasteiger partial charge >= 0.3 is 0 Å². The molecule has 5 nitrogen and oxygen atoms in total. The van der Waals surface area contributed by atoms with E-state index < -0.39 is 10.0 Å². The summed E-state index contributed by atoms with van der Waals surface area (Å²) in [6.07, 6.45) is 1.93. The van der Waals surface area contributed by atoms with E-state index in [9.17, 15) is 13.2 Å². The quantitative estimate of drug-likeness (QED) is 0.799. The first kappa shape index (κ1) is 16.8. The van der Waals surface area contributed by atoms with Gasteiger partial charge in [-0.05, 0) is 54.5 Å². The average molecular weight is 330 g/mol. The second kappa shape index (κ2) is 7.11. The van der Waals surface area contributed by atoms with Crippen LogP contribution in [0.4, 0.5) is 11.4 Å². The van der Waals surface area contributed by atoms with Crippen LogP contribution in [0.25, 0.3) is 0 Å². The van der Waals surface area contributed by atoms with Gasteiger partial charge in [-0.2, -0.15) is 0 Å². The number of anilines is 2. The van der Waals surface area contributed by atoms with Gasteiger partial charge in [0, 0.05) is 11.4 Å². The molecule has 0 atom stereocenters. The number of amides is 1. The third kappa shape index (κ3) is 4.43. The number of aryl methyl sites for hydroxylation is 1. The molecule has 2 aromatic carbocycles. The molecule has 23 heavy (non-hydrogen) atoms. The first-order chi connectivity index (χ1) is 10.9. The molecule has 0 fully saturated rings. The van der Waals surface area contributed by atoms with Gasteiger partial charge in [-0.25, -0.2) is 8.42 Å². The predicted octanol–water partition coefficient (Wildman–Crippen LogP) is 3.17. The number of benzene rings is 2. The van der Waals surface area contributed by atoms with Crippen molar-refractivity contribution in [2.45, 2.75) is 18.2 Å². The molecule has 0 unspecified atom stereocenters. The van der Waals surface area contributed by atoms with Crippen LogP contribution in [0.2, 0.25) is 0 Å². The SMILES string of the molecule is C=CC(=O)Nc1ccc(NS(=O)(=O)c2cccc(CC)c2)cc1. The maximum atomic E-state index is 12.4. The Morgan fingerprint density at radius 2 is 1.78 bits per heavy atom. The van der Waals surface area contributed by atoms with Gasteiger partial charge < -0.3 is 5.32 Å². The molecule has 1 amide bonds. The van der Waals surface area contributed by atoms with Gasteiger partial charge in [-0.1, -0.05) is 25.6 Å². The van der Waals surface area contributed by atoms with Gasteiger partial charge in [0.1, 0.15) is 0 Å². The van der Waals surface area contributed by atoms with E-state index in [2.05, 4.69) is 16.6 Å². The summed E-state index contributed by atoms with van der Waals surface area (Å²) in [5.41, 5.74) is 1.93. The molecule has 2 rings (SSSR count). The Kier molecular flexibility index (Phi) is 5.18. The zero-order valence-corrected chi connectivity index (χ0v) is 13.6. The maximum Gasteiger partial charge on any atom is 0.261 e. The van der Waals surface area contributed by atoms with Crippen LogP contribution in [0.5, 0.6) is 0 Å². The lowest BCUT2D eigenvalue weighted by atomic mass is 10.2. The topological polar surface area (TPSA) is 75.3 Å². The lowest BCUT2D eigenvalue weighted by Crippen LogP contribution is -2.13. The molecule has 6 heteroatoms. The van der Waals surface area contributed by atoms with Crippen molar-refractivity contribution in [3.63, 3.8) is 0 Å². The van der Waals surface area contributed by atoms with Gasteiger partial charge in [0.2, 0.25) is 5.91 Å². The largest absolute Gasteiger partial charge is 0.323 e. The van der Waals surface area contributed by atoms with Crippen LogP contribution in [0.1, 0.15) is 12.5 Å². The van der Waals surface area contributed by atoms with Crippen LogP contribution in [0, 0.1) is 0 Å². The standard InChI is InChI=1S/C17H18N2O3S/c1-3-13-6-5-7-16(12-13)23(21,22)19-15-10-8-14(9-11-15)18-17(20)4-2/h4-12,19H,2-3H2,1H3,(H,18,20). The summed E-state index contributed by atoms with van der Waals surface area (Å²) in [4.78, 5) is 11.4. The molecular formula is C17H18N2O3S. The highest BCUT2D eigenvalue weighted by molar-refractivity contribution is 7.92. The predicted molar refractivity (Wildman–Crippen MR) is 91.9 cm³/mol. The highest BCUT2D eigenvalue weighted by atomic mass is 32.2. The molecule has 0 bridgehead atoms. The van der Waals surface area contributed by atoms with Gasteiger partial charge in [0.05, 0.1) is 4.90 Å². The molecule has 0 aliphatic carbocycles. The van der Waals surface area contributed by atoms with Gasteiger partial charge in [-0.15, -0.1) is 0 Å². The lowest BCUT2D eigenvalue weighted by molar-refractivity contribution is -0.111. The first-order valence-electron chi connectivity index (χ1n) is 7.10. The number of rotatable bonds is 6. The number of hydrogen-bond donors (Lipinski definition) is 2. The molecule has 0 heterocycles. The number of carbonyl (C=O) groups is 1. The summed E-state index contributed by atoms with van der Waals surface area (Å²) in [7, 11) is -3.64. The molecule has 120 valence electrons. The number of hydrogen-bond acceptors (Lipinski definition) is 3. The van der Waals surface area contributed by atoms with Crippen LogP contribution >= 0.6 is 0 Å². The molecule has 0 aliphatic rings. The zero-order chi connectivity index (χ0) is 16.9. The Morgan fingerprint density at radius 3 is 2.39 bits per heavy atom. The first-order valence-corrected chi connectivity index (χ1v) is 8.58. The van der Waals surface area contributed by atoms with E-state index in [-0.39, 0.29) is 10.8 Å². The van der Waals surface area contributed by atoms with Crippen LogP contribution in [-0.4, -0.2) is 14.3 Å². The van der Waals surface area contributed by atoms with Gasteiger partial charge in [-0.3, -0.25) is 9.52 Å². The molecule has 0 aliphatic heterocycles. The molecule has 2 N–H and O–H groups in total. The van der Waals surface area contributed by atoms with E-state index in [0.29, 0.717) is 11.4 Å². The fourth-order valence-corrected chi connectivity index (χ4v) is 3.09. The third-order valence-corrected chi connectivity index (χ3v) is 4.59. The van der Waals surface area contributed by atoms with E-state index in [1.165, 1.54) is 0 Å². The van der Waals surface area contributed by atoms with Crippen molar-refractivity contribution in [2.75, 3.05) is 10.0 Å². The second-order valence-electron chi connectivity index (χ2n) is 4.88. The highest BCUT2D eigenvalue weighted by Gasteiger charge is 2.14. The molecule has 0 aromatic heterocycles. The highest BCUT2D eigenvalue weighted by Crippen LogP contribution is 2.19. The third-order valence-electron chi connectivity index (χ3n) is 3.21. The van der Waals surface area contributed by atoms with Crippen molar-refractivity contribution in [3.8, 4) is 0 Å². The fourth-order valence-electron chi connectivity index (χ4n) is 1.96. The summed E-state index contributed by atoms with van der Waals surface area (Å²) >= 11 is 0.